The summed E-state index contributed by atoms with van der Waals surface area (Å²) in [5.74, 6) is -1.58. The molecule has 0 spiro atoms. The Balaban J connectivity index is 4.65. The van der Waals surface area contributed by atoms with Crippen LogP contribution in [0.2, 0.25) is 0 Å². The van der Waals surface area contributed by atoms with Gasteiger partial charge in [0.25, 0.3) is 0 Å². The molecule has 0 bridgehead atoms. The highest BCUT2D eigenvalue weighted by Crippen LogP contribution is 2.00. The first kappa shape index (κ1) is 15.2. The molecule has 0 unspecified atom stereocenters. The molecule has 17 heavy (non-hydrogen) atoms. The Labute approximate surface area is 104 Å². The van der Waals surface area contributed by atoms with Crippen molar-refractivity contribution in [2.45, 2.75) is 13.8 Å². The molecule has 0 aliphatic rings. The second kappa shape index (κ2) is 8.34. The number of rotatable bonds is 6. The number of hydrogen-bond donors (Lipinski definition) is 3. The van der Waals surface area contributed by atoms with Crippen LogP contribution in [-0.4, -0.2) is 30.3 Å². The molecular weight excluding hydrogens is 246 g/mol. The maximum absolute atomic E-state index is 11.4. The lowest BCUT2D eigenvalue weighted by molar-refractivity contribution is -0.146. The topological polar surface area (TPSA) is 103 Å². The normalized spacial score (nSPS) is 8.82. The lowest BCUT2D eigenvalue weighted by Crippen LogP contribution is -2.38. The van der Waals surface area contributed by atoms with Crippen LogP contribution in [0.25, 0.3) is 0 Å². The van der Waals surface area contributed by atoms with Gasteiger partial charge in [-0.1, -0.05) is 0 Å². The van der Waals surface area contributed by atoms with Crippen molar-refractivity contribution in [1.82, 2.24) is 10.9 Å². The first-order valence-corrected chi connectivity index (χ1v) is 5.29. The molecule has 0 rings (SSSR count). The Morgan fingerprint density at radius 3 is 2.06 bits per heavy atom. The second-order valence-electron chi connectivity index (χ2n) is 2.63. The van der Waals surface area contributed by atoms with Gasteiger partial charge in [0.2, 0.25) is 0 Å². The van der Waals surface area contributed by atoms with Crippen molar-refractivity contribution in [3.63, 3.8) is 0 Å². The number of hydrogen-bond acceptors (Lipinski definition) is 6. The Morgan fingerprint density at radius 1 is 1.24 bits per heavy atom. The molecule has 0 aliphatic heterocycles. The average molecular weight is 261 g/mol. The van der Waals surface area contributed by atoms with E-state index in [0.717, 1.165) is 6.20 Å². The predicted molar refractivity (Wildman–Crippen MR) is 64.4 cm³/mol. The number of nitrogens with one attached hydrogen (secondary N) is 2. The lowest BCUT2D eigenvalue weighted by atomic mass is 10.3. The van der Waals surface area contributed by atoms with Gasteiger partial charge in [-0.15, -0.1) is 0 Å². The van der Waals surface area contributed by atoms with Crippen LogP contribution in [-0.2, 0) is 19.1 Å². The van der Waals surface area contributed by atoms with Gasteiger partial charge >= 0.3 is 11.9 Å². The first-order valence-electron chi connectivity index (χ1n) is 4.88. The minimum atomic E-state index is -0.789. The predicted octanol–water partition coefficient (Wildman–Crippen LogP) is -0.666. The van der Waals surface area contributed by atoms with Gasteiger partial charge in [-0.25, -0.2) is 9.59 Å². The van der Waals surface area contributed by atoms with Gasteiger partial charge in [-0.05, 0) is 26.1 Å². The molecule has 0 fully saturated rings. The number of esters is 2. The van der Waals surface area contributed by atoms with Gasteiger partial charge in [-0.2, -0.15) is 0 Å². The van der Waals surface area contributed by atoms with E-state index in [4.69, 9.17) is 5.73 Å². The Kier molecular flexibility index (Phi) is 7.44. The summed E-state index contributed by atoms with van der Waals surface area (Å²) in [6.45, 7) is 3.55. The average Bonchev–Trinajstić information content (AvgIpc) is 2.24. The highest BCUT2D eigenvalue weighted by molar-refractivity contribution is 7.80. The molecular formula is C9H15N3O4S. The highest BCUT2D eigenvalue weighted by atomic mass is 32.1. The summed E-state index contributed by atoms with van der Waals surface area (Å²) >= 11 is 4.52. The van der Waals surface area contributed by atoms with Crippen LogP contribution < -0.4 is 16.6 Å². The molecule has 0 saturated carbocycles. The van der Waals surface area contributed by atoms with E-state index in [1.807, 2.05) is 0 Å². The minimum absolute atomic E-state index is 0.0340. The van der Waals surface area contributed by atoms with Crippen LogP contribution in [0.15, 0.2) is 11.8 Å². The van der Waals surface area contributed by atoms with Gasteiger partial charge < -0.3 is 20.6 Å². The molecule has 0 aromatic rings. The van der Waals surface area contributed by atoms with Crippen molar-refractivity contribution in [2.24, 2.45) is 5.73 Å². The molecule has 0 atom stereocenters. The van der Waals surface area contributed by atoms with E-state index in [-0.39, 0.29) is 23.9 Å². The maximum atomic E-state index is 11.4. The van der Waals surface area contributed by atoms with Gasteiger partial charge in [-0.3, -0.25) is 5.43 Å². The Morgan fingerprint density at radius 2 is 1.71 bits per heavy atom. The van der Waals surface area contributed by atoms with E-state index in [9.17, 15) is 9.59 Å². The number of hydrazine groups is 1. The Hall–Kier alpha value is -1.83. The zero-order valence-electron chi connectivity index (χ0n) is 9.61. The zero-order valence-corrected chi connectivity index (χ0v) is 10.4. The second-order valence-corrected chi connectivity index (χ2v) is 3.07. The van der Waals surface area contributed by atoms with Crippen molar-refractivity contribution < 1.29 is 19.1 Å². The smallest absolute Gasteiger partial charge is 0.347 e. The molecule has 0 heterocycles. The summed E-state index contributed by atoms with van der Waals surface area (Å²) in [6, 6.07) is 0. The van der Waals surface area contributed by atoms with Gasteiger partial charge in [0, 0.05) is 6.20 Å². The summed E-state index contributed by atoms with van der Waals surface area (Å²) in [6.07, 6.45) is 1.08. The standard InChI is InChI=1S/C9H15N3O4S/c1-3-15-7(13)6(8(14)16-4-2)5-11-12-9(10)17/h5,11H,3-4H2,1-2H3,(H3,10,12,17). The van der Waals surface area contributed by atoms with E-state index < -0.39 is 11.9 Å². The fourth-order valence-electron chi connectivity index (χ4n) is 0.798. The van der Waals surface area contributed by atoms with Gasteiger partial charge in [0.05, 0.1) is 13.2 Å². The number of carbonyl (C=O) groups is 2. The fourth-order valence-corrected chi connectivity index (χ4v) is 0.857. The summed E-state index contributed by atoms with van der Waals surface area (Å²) in [4.78, 5) is 22.8. The number of carbonyl (C=O) groups excluding carboxylic acids is 2. The molecule has 7 nitrogen and oxygen atoms in total. The van der Waals surface area contributed by atoms with Crippen LogP contribution in [0.1, 0.15) is 13.8 Å². The van der Waals surface area contributed by atoms with Crippen LogP contribution in [0.5, 0.6) is 0 Å². The summed E-state index contributed by atoms with van der Waals surface area (Å²) in [7, 11) is 0. The number of ether oxygens (including phenoxy) is 2. The monoisotopic (exact) mass is 261 g/mol. The van der Waals surface area contributed by atoms with E-state index in [0.29, 0.717) is 0 Å². The maximum Gasteiger partial charge on any atom is 0.347 e. The van der Waals surface area contributed by atoms with Crippen LogP contribution >= 0.6 is 12.2 Å². The summed E-state index contributed by atoms with van der Waals surface area (Å²) in [5.41, 5.74) is 9.59. The third kappa shape index (κ3) is 6.36. The highest BCUT2D eigenvalue weighted by Gasteiger charge is 2.20. The van der Waals surface area contributed by atoms with E-state index >= 15 is 0 Å². The van der Waals surface area contributed by atoms with Crippen molar-refractivity contribution in [3.8, 4) is 0 Å². The van der Waals surface area contributed by atoms with E-state index in [1.54, 1.807) is 13.8 Å². The lowest BCUT2D eigenvalue weighted by Gasteiger charge is -2.08. The Bertz CT molecular complexity index is 310. The molecule has 0 aliphatic carbocycles. The zero-order chi connectivity index (χ0) is 13.3. The van der Waals surface area contributed by atoms with E-state index in [2.05, 4.69) is 32.5 Å². The molecule has 96 valence electrons. The van der Waals surface area contributed by atoms with Crippen molar-refractivity contribution in [2.75, 3.05) is 13.2 Å². The van der Waals surface area contributed by atoms with E-state index in [1.165, 1.54) is 0 Å². The number of nitrogens with two attached hydrogens (primary N) is 1. The van der Waals surface area contributed by atoms with Crippen molar-refractivity contribution >= 4 is 29.3 Å². The molecule has 0 radical (unpaired) electrons. The summed E-state index contributed by atoms with van der Waals surface area (Å²) < 4.78 is 9.38. The largest absolute Gasteiger partial charge is 0.462 e. The third-order valence-corrected chi connectivity index (χ3v) is 1.50. The van der Waals surface area contributed by atoms with Crippen molar-refractivity contribution in [1.29, 1.82) is 0 Å². The molecule has 0 amide bonds. The molecule has 0 saturated heterocycles. The fraction of sp³-hybridized carbons (Fsp3) is 0.444. The van der Waals surface area contributed by atoms with Crippen molar-refractivity contribution in [3.05, 3.63) is 11.8 Å². The molecule has 4 N–H and O–H groups in total. The molecule has 0 aromatic heterocycles. The van der Waals surface area contributed by atoms with Crippen LogP contribution in [0.3, 0.4) is 0 Å². The number of thiocarbonyl (C=S) groups is 1. The molecule has 8 heteroatoms. The first-order chi connectivity index (χ1) is 8.02. The SMILES string of the molecule is CCOC(=O)C(=CNNC(N)=S)C(=O)OCC. The van der Waals surface area contributed by atoms with Gasteiger partial charge in [0.15, 0.2) is 10.7 Å². The quantitative estimate of drug-likeness (QED) is 0.144. The minimum Gasteiger partial charge on any atom is -0.462 e. The van der Waals surface area contributed by atoms with Crippen LogP contribution in [0.4, 0.5) is 0 Å². The van der Waals surface area contributed by atoms with Crippen LogP contribution in [0, 0.1) is 0 Å². The molecule has 0 aromatic carbocycles. The summed E-state index contributed by atoms with van der Waals surface area (Å²) in [5, 5.41) is -0.0340. The van der Waals surface area contributed by atoms with Gasteiger partial charge in [0.1, 0.15) is 0 Å². The third-order valence-electron chi connectivity index (χ3n) is 1.40.